The Bertz CT molecular complexity index is 477. The molecule has 0 radical (unpaired) electrons. The van der Waals surface area contributed by atoms with Gasteiger partial charge in [0.2, 0.25) is 5.91 Å². The molecule has 0 bridgehead atoms. The molecule has 1 amide bonds. The number of carbonyl (C=O) groups is 2. The second-order valence-corrected chi connectivity index (χ2v) is 5.45. The summed E-state index contributed by atoms with van der Waals surface area (Å²) >= 11 is 0.988. The molecule has 6 heteroatoms. The van der Waals surface area contributed by atoms with E-state index < -0.39 is 11.8 Å². The number of rotatable bonds is 6. The minimum Gasteiger partial charge on any atom is -0.478 e. The Morgan fingerprint density at radius 1 is 1.42 bits per heavy atom. The van der Waals surface area contributed by atoms with Gasteiger partial charge in [-0.2, -0.15) is 0 Å². The highest BCUT2D eigenvalue weighted by molar-refractivity contribution is 8.00. The highest BCUT2D eigenvalue weighted by Gasteiger charge is 2.11. The number of hydrogen-bond donors (Lipinski definition) is 2. The summed E-state index contributed by atoms with van der Waals surface area (Å²) in [6.45, 7) is 4.52. The number of carbonyl (C=O) groups excluding carboxylic acids is 1. The lowest BCUT2D eigenvalue weighted by Gasteiger charge is -2.08. The summed E-state index contributed by atoms with van der Waals surface area (Å²) in [5, 5.41) is 11.5. The maximum absolute atomic E-state index is 13.5. The van der Waals surface area contributed by atoms with Crippen molar-refractivity contribution in [1.29, 1.82) is 0 Å². The fraction of sp³-hybridized carbons (Fsp3) is 0.385. The molecule has 0 atom stereocenters. The Labute approximate surface area is 115 Å². The maximum Gasteiger partial charge on any atom is 0.335 e. The molecule has 4 nitrogen and oxygen atoms in total. The van der Waals surface area contributed by atoms with E-state index in [9.17, 15) is 14.0 Å². The van der Waals surface area contributed by atoms with Gasteiger partial charge in [-0.05, 0) is 24.1 Å². The number of hydrogen-bond acceptors (Lipinski definition) is 3. The third-order valence-corrected chi connectivity index (χ3v) is 3.27. The number of aromatic carboxylic acids is 1. The van der Waals surface area contributed by atoms with Gasteiger partial charge in [0, 0.05) is 11.4 Å². The number of carboxylic acids is 1. The van der Waals surface area contributed by atoms with E-state index in [2.05, 4.69) is 5.32 Å². The lowest BCUT2D eigenvalue weighted by Crippen LogP contribution is -2.28. The third-order valence-electron chi connectivity index (χ3n) is 2.24. The first-order valence-corrected chi connectivity index (χ1v) is 6.81. The Kier molecular flexibility index (Phi) is 5.82. The minimum absolute atomic E-state index is 0.00601. The van der Waals surface area contributed by atoms with E-state index in [1.807, 2.05) is 13.8 Å². The third kappa shape index (κ3) is 5.30. The molecule has 104 valence electrons. The van der Waals surface area contributed by atoms with Gasteiger partial charge in [0.25, 0.3) is 0 Å². The minimum atomic E-state index is -1.12. The van der Waals surface area contributed by atoms with E-state index in [1.165, 1.54) is 12.1 Å². The smallest absolute Gasteiger partial charge is 0.335 e. The van der Waals surface area contributed by atoms with Crippen LogP contribution < -0.4 is 5.32 Å². The van der Waals surface area contributed by atoms with Crippen LogP contribution in [-0.2, 0) is 4.79 Å². The fourth-order valence-corrected chi connectivity index (χ4v) is 2.06. The van der Waals surface area contributed by atoms with E-state index >= 15 is 0 Å². The summed E-state index contributed by atoms with van der Waals surface area (Å²) in [7, 11) is 0. The van der Waals surface area contributed by atoms with E-state index in [4.69, 9.17) is 5.11 Å². The standard InChI is InChI=1S/C13H16FNO3S/c1-8(2)6-15-12(16)7-19-11-5-9(13(17)18)3-4-10(11)14/h3-5,8H,6-7H2,1-2H3,(H,15,16)(H,17,18). The lowest BCUT2D eigenvalue weighted by atomic mass is 10.2. The van der Waals surface area contributed by atoms with Gasteiger partial charge in [-0.25, -0.2) is 9.18 Å². The van der Waals surface area contributed by atoms with E-state index in [0.717, 1.165) is 17.8 Å². The first-order valence-electron chi connectivity index (χ1n) is 5.82. The van der Waals surface area contributed by atoms with Crippen molar-refractivity contribution in [1.82, 2.24) is 5.32 Å². The van der Waals surface area contributed by atoms with E-state index in [1.54, 1.807) is 0 Å². The van der Waals surface area contributed by atoms with E-state index in [-0.39, 0.29) is 22.1 Å². The predicted octanol–water partition coefficient (Wildman–Crippen LogP) is 2.39. The second-order valence-electron chi connectivity index (χ2n) is 4.44. The molecule has 19 heavy (non-hydrogen) atoms. The van der Waals surface area contributed by atoms with Crippen molar-refractivity contribution in [2.24, 2.45) is 5.92 Å². The lowest BCUT2D eigenvalue weighted by molar-refractivity contribution is -0.118. The van der Waals surface area contributed by atoms with Crippen LogP contribution in [0.2, 0.25) is 0 Å². The van der Waals surface area contributed by atoms with Crippen LogP contribution in [0.4, 0.5) is 4.39 Å². The Morgan fingerprint density at radius 2 is 2.11 bits per heavy atom. The van der Waals surface area contributed by atoms with Crippen LogP contribution in [0.5, 0.6) is 0 Å². The normalized spacial score (nSPS) is 10.5. The molecule has 0 aliphatic carbocycles. The monoisotopic (exact) mass is 285 g/mol. The van der Waals surface area contributed by atoms with Gasteiger partial charge < -0.3 is 10.4 Å². The summed E-state index contributed by atoms with van der Waals surface area (Å²) in [6, 6.07) is 3.52. The highest BCUT2D eigenvalue weighted by Crippen LogP contribution is 2.23. The van der Waals surface area contributed by atoms with E-state index in [0.29, 0.717) is 12.5 Å². The van der Waals surface area contributed by atoms with Crippen molar-refractivity contribution in [3.8, 4) is 0 Å². The number of amides is 1. The Hall–Kier alpha value is -1.56. The zero-order chi connectivity index (χ0) is 14.4. The zero-order valence-electron chi connectivity index (χ0n) is 10.8. The molecule has 0 aromatic heterocycles. The molecule has 0 heterocycles. The fourth-order valence-electron chi connectivity index (χ4n) is 1.26. The van der Waals surface area contributed by atoms with Crippen LogP contribution >= 0.6 is 11.8 Å². The number of nitrogens with one attached hydrogen (secondary N) is 1. The maximum atomic E-state index is 13.5. The predicted molar refractivity (Wildman–Crippen MR) is 71.9 cm³/mol. The number of thioether (sulfide) groups is 1. The van der Waals surface area contributed by atoms with Gasteiger partial charge in [-0.3, -0.25) is 4.79 Å². The molecule has 0 saturated carbocycles. The van der Waals surface area contributed by atoms with Crippen LogP contribution in [0, 0.1) is 11.7 Å². The van der Waals surface area contributed by atoms with Crippen LogP contribution in [0.25, 0.3) is 0 Å². The summed E-state index contributed by atoms with van der Waals surface area (Å²) < 4.78 is 13.5. The SMILES string of the molecule is CC(C)CNC(=O)CSc1cc(C(=O)O)ccc1F. The molecule has 2 N–H and O–H groups in total. The number of halogens is 1. The molecule has 0 spiro atoms. The topological polar surface area (TPSA) is 66.4 Å². The van der Waals surface area contributed by atoms with Crippen molar-refractivity contribution in [2.75, 3.05) is 12.3 Å². The molecule has 0 aliphatic heterocycles. The molecular weight excluding hydrogens is 269 g/mol. The van der Waals surface area contributed by atoms with Gasteiger partial charge in [0.05, 0.1) is 11.3 Å². The highest BCUT2D eigenvalue weighted by atomic mass is 32.2. The first-order chi connectivity index (χ1) is 8.90. The largest absolute Gasteiger partial charge is 0.478 e. The van der Waals surface area contributed by atoms with Gasteiger partial charge in [0.1, 0.15) is 5.82 Å². The summed E-state index contributed by atoms with van der Waals surface area (Å²) in [4.78, 5) is 22.4. The van der Waals surface area contributed by atoms with Crippen molar-refractivity contribution in [2.45, 2.75) is 18.7 Å². The zero-order valence-corrected chi connectivity index (χ0v) is 11.6. The Morgan fingerprint density at radius 3 is 2.68 bits per heavy atom. The van der Waals surface area contributed by atoms with Crippen LogP contribution in [0.15, 0.2) is 23.1 Å². The van der Waals surface area contributed by atoms with Crippen LogP contribution in [0.3, 0.4) is 0 Å². The molecule has 1 aromatic carbocycles. The van der Waals surface area contributed by atoms with Crippen molar-refractivity contribution < 1.29 is 19.1 Å². The number of carboxylic acid groups (broad SMARTS) is 1. The molecule has 0 saturated heterocycles. The van der Waals surface area contributed by atoms with Gasteiger partial charge >= 0.3 is 5.97 Å². The summed E-state index contributed by atoms with van der Waals surface area (Å²) in [5.41, 5.74) is 0.00601. The summed E-state index contributed by atoms with van der Waals surface area (Å²) in [6.07, 6.45) is 0. The first kappa shape index (κ1) is 15.5. The second kappa shape index (κ2) is 7.13. The molecule has 0 fully saturated rings. The molecule has 0 unspecified atom stereocenters. The molecular formula is C13H16FNO3S. The molecule has 1 rings (SSSR count). The van der Waals surface area contributed by atoms with Gasteiger partial charge in [-0.15, -0.1) is 11.8 Å². The van der Waals surface area contributed by atoms with Crippen molar-refractivity contribution in [3.63, 3.8) is 0 Å². The summed E-state index contributed by atoms with van der Waals surface area (Å²) in [5.74, 6) is -1.43. The quantitative estimate of drug-likeness (QED) is 0.788. The molecule has 1 aromatic rings. The average molecular weight is 285 g/mol. The van der Waals surface area contributed by atoms with Crippen molar-refractivity contribution in [3.05, 3.63) is 29.6 Å². The number of benzene rings is 1. The van der Waals surface area contributed by atoms with Gasteiger partial charge in [0.15, 0.2) is 0 Å². The van der Waals surface area contributed by atoms with Crippen LogP contribution in [-0.4, -0.2) is 29.3 Å². The average Bonchev–Trinajstić information content (AvgIpc) is 2.35. The van der Waals surface area contributed by atoms with Crippen LogP contribution in [0.1, 0.15) is 24.2 Å². The Balaban J connectivity index is 2.59. The molecule has 0 aliphatic rings. The van der Waals surface area contributed by atoms with Crippen molar-refractivity contribution >= 4 is 23.6 Å². The van der Waals surface area contributed by atoms with Gasteiger partial charge in [-0.1, -0.05) is 13.8 Å².